The van der Waals surface area contributed by atoms with Crippen LogP contribution >= 0.6 is 24.0 Å². The molecule has 2 aromatic rings. The summed E-state index contributed by atoms with van der Waals surface area (Å²) in [7, 11) is 3.05. The highest BCUT2D eigenvalue weighted by molar-refractivity contribution is 6.32. The van der Waals surface area contributed by atoms with Crippen LogP contribution in [0, 0.1) is 0 Å². The summed E-state index contributed by atoms with van der Waals surface area (Å²) in [5.74, 6) is 1.82. The molecule has 0 unspecified atom stereocenters. The molecule has 1 fully saturated rings. The number of aryl methyl sites for hydroxylation is 1. The predicted molar refractivity (Wildman–Crippen MR) is 107 cm³/mol. The van der Waals surface area contributed by atoms with E-state index in [4.69, 9.17) is 25.6 Å². The van der Waals surface area contributed by atoms with Crippen molar-refractivity contribution in [2.45, 2.75) is 25.8 Å². The zero-order valence-corrected chi connectivity index (χ0v) is 17.6. The third-order valence-electron chi connectivity index (χ3n) is 4.53. The van der Waals surface area contributed by atoms with Gasteiger partial charge in [0, 0.05) is 44.1 Å². The second-order valence-corrected chi connectivity index (χ2v) is 6.75. The zero-order chi connectivity index (χ0) is 19.4. The predicted octanol–water partition coefficient (Wildman–Crippen LogP) is 2.58. The molecule has 0 spiro atoms. The van der Waals surface area contributed by atoms with Gasteiger partial charge in [-0.15, -0.1) is 12.4 Å². The van der Waals surface area contributed by atoms with E-state index < -0.39 is 0 Å². The van der Waals surface area contributed by atoms with Crippen LogP contribution < -0.4 is 14.8 Å². The van der Waals surface area contributed by atoms with Crippen molar-refractivity contribution in [2.24, 2.45) is 0 Å². The summed E-state index contributed by atoms with van der Waals surface area (Å²) in [6.45, 7) is 4.40. The van der Waals surface area contributed by atoms with Crippen LogP contribution in [-0.4, -0.2) is 60.8 Å². The standard InChI is InChI=1S/C18H23ClN4O4.ClH/c1-11-10-20-6-7-23(11)16(24)5-4-15-21-18(22-27-15)12-8-13(19)17(26-3)14(9-12)25-2;/h8-9,11,20H,4-7,10H2,1-3H3;1H/t11-;/m1./s1. The second kappa shape index (κ2) is 9.95. The van der Waals surface area contributed by atoms with E-state index in [-0.39, 0.29) is 24.4 Å². The van der Waals surface area contributed by atoms with Crippen molar-refractivity contribution in [3.05, 3.63) is 23.0 Å². The van der Waals surface area contributed by atoms with Crippen molar-refractivity contribution in [1.29, 1.82) is 0 Å². The monoisotopic (exact) mass is 430 g/mol. The average molecular weight is 431 g/mol. The minimum absolute atomic E-state index is 0. The molecule has 2 heterocycles. The van der Waals surface area contributed by atoms with Gasteiger partial charge in [-0.05, 0) is 19.1 Å². The second-order valence-electron chi connectivity index (χ2n) is 6.35. The lowest BCUT2D eigenvalue weighted by atomic mass is 10.1. The van der Waals surface area contributed by atoms with Gasteiger partial charge < -0.3 is 24.2 Å². The quantitative estimate of drug-likeness (QED) is 0.752. The Morgan fingerprint density at radius 3 is 2.86 bits per heavy atom. The molecule has 1 aliphatic rings. The molecule has 8 nitrogen and oxygen atoms in total. The first-order chi connectivity index (χ1) is 13.0. The number of carbonyl (C=O) groups excluding carboxylic acids is 1. The number of rotatable bonds is 6. The largest absolute Gasteiger partial charge is 0.493 e. The smallest absolute Gasteiger partial charge is 0.227 e. The molecular formula is C18H24Cl2N4O4. The van der Waals surface area contributed by atoms with E-state index in [0.717, 1.165) is 19.6 Å². The Morgan fingerprint density at radius 2 is 2.18 bits per heavy atom. The van der Waals surface area contributed by atoms with Crippen LogP contribution in [0.2, 0.25) is 5.02 Å². The van der Waals surface area contributed by atoms with Crippen LogP contribution in [0.25, 0.3) is 11.4 Å². The van der Waals surface area contributed by atoms with E-state index in [0.29, 0.717) is 46.6 Å². The Balaban J connectivity index is 0.00000280. The van der Waals surface area contributed by atoms with Crippen LogP contribution in [0.5, 0.6) is 11.5 Å². The van der Waals surface area contributed by atoms with Gasteiger partial charge >= 0.3 is 0 Å². The molecular weight excluding hydrogens is 407 g/mol. The number of aromatic nitrogens is 2. The molecule has 10 heteroatoms. The molecule has 1 atom stereocenters. The summed E-state index contributed by atoms with van der Waals surface area (Å²) in [5.41, 5.74) is 0.648. The molecule has 1 aromatic carbocycles. The fourth-order valence-electron chi connectivity index (χ4n) is 3.09. The van der Waals surface area contributed by atoms with E-state index in [1.165, 1.54) is 14.2 Å². The van der Waals surface area contributed by atoms with Crippen molar-refractivity contribution in [2.75, 3.05) is 33.9 Å². The lowest BCUT2D eigenvalue weighted by molar-refractivity contribution is -0.134. The summed E-state index contributed by atoms with van der Waals surface area (Å²) in [5, 5.41) is 7.65. The summed E-state index contributed by atoms with van der Waals surface area (Å²) in [6, 6.07) is 3.61. The maximum atomic E-state index is 12.4. The van der Waals surface area contributed by atoms with Crippen molar-refractivity contribution in [3.8, 4) is 22.9 Å². The molecule has 3 rings (SSSR count). The van der Waals surface area contributed by atoms with Gasteiger partial charge in [0.05, 0.1) is 19.2 Å². The highest BCUT2D eigenvalue weighted by atomic mass is 35.5. The SMILES string of the molecule is COc1cc(-c2noc(CCC(=O)N3CCNC[C@H]3C)n2)cc(Cl)c1OC.Cl. The van der Waals surface area contributed by atoms with E-state index in [1.54, 1.807) is 12.1 Å². The number of nitrogens with one attached hydrogen (secondary N) is 1. The van der Waals surface area contributed by atoms with Crippen molar-refractivity contribution >= 4 is 29.9 Å². The third-order valence-corrected chi connectivity index (χ3v) is 4.81. The summed E-state index contributed by atoms with van der Waals surface area (Å²) in [6.07, 6.45) is 0.724. The van der Waals surface area contributed by atoms with Crippen molar-refractivity contribution in [3.63, 3.8) is 0 Å². The van der Waals surface area contributed by atoms with Crippen LogP contribution in [0.3, 0.4) is 0 Å². The van der Waals surface area contributed by atoms with Gasteiger partial charge in [-0.1, -0.05) is 16.8 Å². The van der Waals surface area contributed by atoms with Crippen LogP contribution in [0.4, 0.5) is 0 Å². The summed E-state index contributed by atoms with van der Waals surface area (Å²) >= 11 is 6.23. The Morgan fingerprint density at radius 1 is 1.39 bits per heavy atom. The van der Waals surface area contributed by atoms with Crippen molar-refractivity contribution < 1.29 is 18.8 Å². The number of methoxy groups -OCH3 is 2. The van der Waals surface area contributed by atoms with Crippen LogP contribution in [0.1, 0.15) is 19.2 Å². The van der Waals surface area contributed by atoms with E-state index in [1.807, 2.05) is 11.8 Å². The number of hydrogen-bond acceptors (Lipinski definition) is 7. The van der Waals surface area contributed by atoms with Crippen molar-refractivity contribution in [1.82, 2.24) is 20.4 Å². The first-order valence-electron chi connectivity index (χ1n) is 8.78. The molecule has 0 radical (unpaired) electrons. The van der Waals surface area contributed by atoms with Gasteiger partial charge in [0.1, 0.15) is 0 Å². The number of halogens is 2. The van der Waals surface area contributed by atoms with Gasteiger partial charge in [-0.3, -0.25) is 4.79 Å². The minimum atomic E-state index is 0. The van der Waals surface area contributed by atoms with E-state index in [9.17, 15) is 4.79 Å². The fourth-order valence-corrected chi connectivity index (χ4v) is 3.38. The Bertz CT molecular complexity index is 815. The molecule has 0 aliphatic carbocycles. The molecule has 1 amide bonds. The molecule has 1 saturated heterocycles. The fraction of sp³-hybridized carbons (Fsp3) is 0.500. The topological polar surface area (TPSA) is 89.7 Å². The average Bonchev–Trinajstić information content (AvgIpc) is 3.15. The first-order valence-corrected chi connectivity index (χ1v) is 9.16. The molecule has 1 aromatic heterocycles. The van der Waals surface area contributed by atoms with E-state index >= 15 is 0 Å². The number of amides is 1. The van der Waals surface area contributed by atoms with Crippen LogP contribution in [0.15, 0.2) is 16.7 Å². The third kappa shape index (κ3) is 4.87. The maximum Gasteiger partial charge on any atom is 0.227 e. The van der Waals surface area contributed by atoms with E-state index in [2.05, 4.69) is 15.5 Å². The number of piperazine rings is 1. The molecule has 1 aliphatic heterocycles. The summed E-state index contributed by atoms with van der Waals surface area (Å²) < 4.78 is 15.8. The minimum Gasteiger partial charge on any atom is -0.493 e. The number of ether oxygens (including phenoxy) is 2. The Kier molecular flexibility index (Phi) is 7.91. The Labute approximate surface area is 174 Å². The summed E-state index contributed by atoms with van der Waals surface area (Å²) in [4.78, 5) is 18.7. The van der Waals surface area contributed by atoms with Gasteiger partial charge in [-0.25, -0.2) is 0 Å². The Hall–Kier alpha value is -2.03. The molecule has 0 saturated carbocycles. The maximum absolute atomic E-state index is 12.4. The number of nitrogens with zero attached hydrogens (tertiary/aromatic N) is 3. The number of benzene rings is 1. The first kappa shape index (κ1) is 22.3. The van der Waals surface area contributed by atoms with Gasteiger partial charge in [-0.2, -0.15) is 4.98 Å². The molecule has 28 heavy (non-hydrogen) atoms. The molecule has 154 valence electrons. The number of carbonyl (C=O) groups is 1. The van der Waals surface area contributed by atoms with Gasteiger partial charge in [0.15, 0.2) is 11.5 Å². The lowest BCUT2D eigenvalue weighted by Gasteiger charge is -2.34. The van der Waals surface area contributed by atoms with Gasteiger partial charge in [0.2, 0.25) is 17.6 Å². The highest BCUT2D eigenvalue weighted by Crippen LogP contribution is 2.38. The van der Waals surface area contributed by atoms with Crippen LogP contribution in [-0.2, 0) is 11.2 Å². The number of hydrogen-bond donors (Lipinski definition) is 1. The molecule has 1 N–H and O–H groups in total. The highest BCUT2D eigenvalue weighted by Gasteiger charge is 2.23. The van der Waals surface area contributed by atoms with Gasteiger partial charge in [0.25, 0.3) is 0 Å². The zero-order valence-electron chi connectivity index (χ0n) is 16.0. The normalized spacial score (nSPS) is 16.4. The molecule has 0 bridgehead atoms. The lowest BCUT2D eigenvalue weighted by Crippen LogP contribution is -2.52.